The second-order valence-corrected chi connectivity index (χ2v) is 3.92. The maximum Gasteiger partial charge on any atom is 0.356 e. The molecule has 0 aliphatic carbocycles. The van der Waals surface area contributed by atoms with Crippen molar-refractivity contribution in [1.82, 2.24) is 4.98 Å². The van der Waals surface area contributed by atoms with E-state index >= 15 is 0 Å². The van der Waals surface area contributed by atoms with Gasteiger partial charge in [0.1, 0.15) is 5.75 Å². The summed E-state index contributed by atoms with van der Waals surface area (Å²) in [7, 11) is 1.57. The molecule has 1 aromatic heterocycles. The number of benzene rings is 1. The summed E-state index contributed by atoms with van der Waals surface area (Å²) in [5.41, 5.74) is 2.41. The minimum absolute atomic E-state index is 0.0817. The summed E-state index contributed by atoms with van der Waals surface area (Å²) in [6.45, 7) is 0. The second kappa shape index (κ2) is 4.32. The number of carbonyl (C=O) groups is 1. The van der Waals surface area contributed by atoms with E-state index < -0.39 is 5.97 Å². The van der Waals surface area contributed by atoms with Gasteiger partial charge in [0.15, 0.2) is 5.69 Å². The van der Waals surface area contributed by atoms with Crippen molar-refractivity contribution in [2.75, 3.05) is 7.11 Å². The maximum atomic E-state index is 10.9. The quantitative estimate of drug-likeness (QED) is 0.888. The van der Waals surface area contributed by atoms with E-state index in [1.54, 1.807) is 13.2 Å². The van der Waals surface area contributed by atoms with Gasteiger partial charge < -0.3 is 9.84 Å². The van der Waals surface area contributed by atoms with E-state index in [9.17, 15) is 4.79 Å². The summed E-state index contributed by atoms with van der Waals surface area (Å²) in [5, 5.41) is 8.96. The Morgan fingerprint density at radius 2 is 2.31 bits per heavy atom. The smallest absolute Gasteiger partial charge is 0.356 e. The van der Waals surface area contributed by atoms with Crippen molar-refractivity contribution in [2.24, 2.45) is 0 Å². The highest BCUT2D eigenvalue weighted by Crippen LogP contribution is 2.29. The molecule has 0 saturated carbocycles. The number of hydrogen-bond donors (Lipinski definition) is 1. The SMILES string of the molecule is COc1cccc(-c2scnc2C(=O)O)c1. The van der Waals surface area contributed by atoms with Crippen LogP contribution < -0.4 is 4.74 Å². The first-order chi connectivity index (χ1) is 7.72. The summed E-state index contributed by atoms with van der Waals surface area (Å²) in [6.07, 6.45) is 0. The van der Waals surface area contributed by atoms with Gasteiger partial charge in [0.05, 0.1) is 17.5 Å². The molecule has 0 bridgehead atoms. The molecule has 2 aromatic rings. The van der Waals surface area contributed by atoms with Crippen LogP contribution in [0.4, 0.5) is 0 Å². The molecule has 0 spiro atoms. The van der Waals surface area contributed by atoms with Crippen LogP contribution in [0.2, 0.25) is 0 Å². The van der Waals surface area contributed by atoms with E-state index in [1.165, 1.54) is 16.8 Å². The number of aromatic carboxylic acids is 1. The predicted octanol–water partition coefficient (Wildman–Crippen LogP) is 2.52. The number of thiazole rings is 1. The lowest BCUT2D eigenvalue weighted by atomic mass is 10.1. The van der Waals surface area contributed by atoms with Crippen LogP contribution in [-0.2, 0) is 0 Å². The van der Waals surface area contributed by atoms with Gasteiger partial charge in [-0.2, -0.15) is 0 Å². The zero-order valence-electron chi connectivity index (χ0n) is 8.51. The molecule has 1 heterocycles. The lowest BCUT2D eigenvalue weighted by Crippen LogP contribution is -1.98. The first-order valence-electron chi connectivity index (χ1n) is 4.53. The second-order valence-electron chi connectivity index (χ2n) is 3.07. The van der Waals surface area contributed by atoms with Gasteiger partial charge in [-0.3, -0.25) is 0 Å². The Morgan fingerprint density at radius 3 is 3.00 bits per heavy atom. The largest absolute Gasteiger partial charge is 0.497 e. The molecule has 5 heteroatoms. The monoisotopic (exact) mass is 235 g/mol. The number of carboxylic acids is 1. The minimum Gasteiger partial charge on any atom is -0.497 e. The van der Waals surface area contributed by atoms with Gasteiger partial charge in [0.2, 0.25) is 0 Å². The van der Waals surface area contributed by atoms with Gasteiger partial charge in [-0.05, 0) is 17.7 Å². The molecule has 0 aliphatic heterocycles. The maximum absolute atomic E-state index is 10.9. The van der Waals surface area contributed by atoms with Gasteiger partial charge in [-0.1, -0.05) is 12.1 Å². The van der Waals surface area contributed by atoms with Gasteiger partial charge in [0, 0.05) is 0 Å². The van der Waals surface area contributed by atoms with Crippen LogP contribution in [-0.4, -0.2) is 23.2 Å². The summed E-state index contributed by atoms with van der Waals surface area (Å²) in [5.74, 6) is -0.318. The normalized spacial score (nSPS) is 10.1. The van der Waals surface area contributed by atoms with E-state index in [2.05, 4.69) is 4.98 Å². The average molecular weight is 235 g/mol. The van der Waals surface area contributed by atoms with Crippen molar-refractivity contribution < 1.29 is 14.6 Å². The molecule has 1 N–H and O–H groups in total. The fraction of sp³-hybridized carbons (Fsp3) is 0.0909. The third-order valence-electron chi connectivity index (χ3n) is 2.10. The molecule has 0 saturated heterocycles. The molecule has 16 heavy (non-hydrogen) atoms. The topological polar surface area (TPSA) is 59.4 Å². The fourth-order valence-corrected chi connectivity index (χ4v) is 2.15. The number of hydrogen-bond acceptors (Lipinski definition) is 4. The summed E-state index contributed by atoms with van der Waals surface area (Å²) < 4.78 is 5.09. The number of rotatable bonds is 3. The number of aromatic nitrogens is 1. The van der Waals surface area contributed by atoms with Crippen LogP contribution in [0, 0.1) is 0 Å². The molecule has 0 fully saturated rings. The first-order valence-corrected chi connectivity index (χ1v) is 5.41. The van der Waals surface area contributed by atoms with Crippen LogP contribution in [0.5, 0.6) is 5.75 Å². The van der Waals surface area contributed by atoms with E-state index in [4.69, 9.17) is 9.84 Å². The molecule has 4 nitrogen and oxygen atoms in total. The van der Waals surface area contributed by atoms with Crippen LogP contribution in [0.3, 0.4) is 0 Å². The molecular weight excluding hydrogens is 226 g/mol. The van der Waals surface area contributed by atoms with Crippen molar-refractivity contribution in [3.05, 3.63) is 35.5 Å². The van der Waals surface area contributed by atoms with Crippen LogP contribution in [0.15, 0.2) is 29.8 Å². The van der Waals surface area contributed by atoms with Crippen LogP contribution in [0.1, 0.15) is 10.5 Å². The Hall–Kier alpha value is -1.88. The van der Waals surface area contributed by atoms with Crippen LogP contribution in [0.25, 0.3) is 10.4 Å². The highest BCUT2D eigenvalue weighted by Gasteiger charge is 2.15. The molecule has 1 aromatic carbocycles. The van der Waals surface area contributed by atoms with Crippen molar-refractivity contribution in [3.63, 3.8) is 0 Å². The Labute approximate surface area is 96.1 Å². The summed E-state index contributed by atoms with van der Waals surface area (Å²) in [4.78, 5) is 15.4. The number of ether oxygens (including phenoxy) is 1. The van der Waals surface area contributed by atoms with Crippen molar-refractivity contribution in [2.45, 2.75) is 0 Å². The summed E-state index contributed by atoms with van der Waals surface area (Å²) in [6, 6.07) is 7.26. The fourth-order valence-electron chi connectivity index (χ4n) is 1.37. The standard InChI is InChI=1S/C11H9NO3S/c1-15-8-4-2-3-7(5-8)10-9(11(13)14)12-6-16-10/h2-6H,1H3,(H,13,14). The number of methoxy groups -OCH3 is 1. The first kappa shape index (κ1) is 10.6. The number of nitrogens with zero attached hydrogens (tertiary/aromatic N) is 1. The molecular formula is C11H9NO3S. The molecule has 0 aliphatic rings. The Bertz CT molecular complexity index is 521. The Morgan fingerprint density at radius 1 is 1.50 bits per heavy atom. The average Bonchev–Trinajstić information content (AvgIpc) is 2.78. The van der Waals surface area contributed by atoms with E-state index in [0.29, 0.717) is 10.6 Å². The Kier molecular flexibility index (Phi) is 2.87. The van der Waals surface area contributed by atoms with E-state index in [-0.39, 0.29) is 5.69 Å². The molecule has 82 valence electrons. The molecule has 0 atom stereocenters. The van der Waals surface area contributed by atoms with Gasteiger partial charge in [-0.25, -0.2) is 9.78 Å². The molecule has 0 unspecified atom stereocenters. The van der Waals surface area contributed by atoms with E-state index in [1.807, 2.05) is 18.2 Å². The van der Waals surface area contributed by atoms with Crippen molar-refractivity contribution in [1.29, 1.82) is 0 Å². The van der Waals surface area contributed by atoms with Crippen molar-refractivity contribution >= 4 is 17.3 Å². The summed E-state index contributed by atoms with van der Waals surface area (Å²) >= 11 is 1.30. The van der Waals surface area contributed by atoms with Gasteiger partial charge >= 0.3 is 5.97 Å². The predicted molar refractivity (Wildman–Crippen MR) is 61.1 cm³/mol. The third-order valence-corrected chi connectivity index (χ3v) is 2.98. The Balaban J connectivity index is 2.50. The molecule has 0 radical (unpaired) electrons. The molecule has 0 amide bonds. The number of carboxylic acid groups (broad SMARTS) is 1. The van der Waals surface area contributed by atoms with E-state index in [0.717, 1.165) is 5.56 Å². The lowest BCUT2D eigenvalue weighted by Gasteiger charge is -2.02. The van der Waals surface area contributed by atoms with Gasteiger partial charge in [-0.15, -0.1) is 11.3 Å². The highest BCUT2D eigenvalue weighted by molar-refractivity contribution is 7.13. The highest BCUT2D eigenvalue weighted by atomic mass is 32.1. The molecule has 2 rings (SSSR count). The zero-order valence-corrected chi connectivity index (χ0v) is 9.32. The third kappa shape index (κ3) is 1.90. The van der Waals surface area contributed by atoms with Gasteiger partial charge in [0.25, 0.3) is 0 Å². The zero-order chi connectivity index (χ0) is 11.5. The lowest BCUT2D eigenvalue weighted by molar-refractivity contribution is 0.0692. The van der Waals surface area contributed by atoms with Crippen molar-refractivity contribution in [3.8, 4) is 16.2 Å². The minimum atomic E-state index is -1.01. The van der Waals surface area contributed by atoms with Crippen LogP contribution >= 0.6 is 11.3 Å².